The van der Waals surface area contributed by atoms with Crippen molar-refractivity contribution in [3.63, 3.8) is 0 Å². The van der Waals surface area contributed by atoms with Gasteiger partial charge in [-0.3, -0.25) is 14.5 Å². The Balaban J connectivity index is 1.91. The van der Waals surface area contributed by atoms with Crippen molar-refractivity contribution >= 4 is 23.2 Å². The van der Waals surface area contributed by atoms with Crippen molar-refractivity contribution in [3.8, 4) is 6.07 Å². The average molecular weight is 346 g/mol. The van der Waals surface area contributed by atoms with Crippen molar-refractivity contribution in [1.29, 1.82) is 5.26 Å². The first-order valence-corrected chi connectivity index (χ1v) is 8.55. The monoisotopic (exact) mass is 346 g/mol. The van der Waals surface area contributed by atoms with Crippen LogP contribution in [-0.4, -0.2) is 36.0 Å². The van der Waals surface area contributed by atoms with E-state index >= 15 is 0 Å². The topological polar surface area (TPSA) is 76.4 Å². The lowest BCUT2D eigenvalue weighted by molar-refractivity contribution is 0.0708. The maximum atomic E-state index is 13.3. The van der Waals surface area contributed by atoms with Crippen LogP contribution in [0, 0.1) is 11.3 Å². The van der Waals surface area contributed by atoms with Gasteiger partial charge >= 0.3 is 0 Å². The van der Waals surface area contributed by atoms with Crippen LogP contribution in [0.25, 0.3) is 0 Å². The number of para-hydroxylation sites is 2. The van der Waals surface area contributed by atoms with E-state index in [0.717, 1.165) is 5.69 Å². The molecule has 2 aromatic carbocycles. The van der Waals surface area contributed by atoms with Crippen LogP contribution < -0.4 is 10.2 Å². The minimum Gasteiger partial charge on any atom is -0.362 e. The number of benzene rings is 2. The molecule has 0 saturated heterocycles. The number of hydrogen-bond acceptors (Lipinski definition) is 4. The maximum absolute atomic E-state index is 13.3. The molecule has 2 heterocycles. The van der Waals surface area contributed by atoms with Gasteiger partial charge in [-0.05, 0) is 30.7 Å². The zero-order valence-corrected chi connectivity index (χ0v) is 14.3. The van der Waals surface area contributed by atoms with Gasteiger partial charge in [-0.25, -0.2) is 0 Å². The Kier molecular flexibility index (Phi) is 3.85. The zero-order chi connectivity index (χ0) is 18.3. The Morgan fingerprint density at radius 1 is 1.04 bits per heavy atom. The highest BCUT2D eigenvalue weighted by molar-refractivity contribution is 6.15. The Bertz CT molecular complexity index is 933. The van der Waals surface area contributed by atoms with Crippen LogP contribution >= 0.6 is 0 Å². The molecule has 0 radical (unpaired) electrons. The number of anilines is 2. The van der Waals surface area contributed by atoms with E-state index in [1.54, 1.807) is 41.1 Å². The summed E-state index contributed by atoms with van der Waals surface area (Å²) in [6.45, 7) is 0. The van der Waals surface area contributed by atoms with Gasteiger partial charge in [0.2, 0.25) is 0 Å². The fourth-order valence-corrected chi connectivity index (χ4v) is 3.78. The van der Waals surface area contributed by atoms with Crippen molar-refractivity contribution < 1.29 is 9.59 Å². The van der Waals surface area contributed by atoms with E-state index in [1.165, 1.54) is 0 Å². The third kappa shape index (κ3) is 2.32. The summed E-state index contributed by atoms with van der Waals surface area (Å²) < 4.78 is 0. The van der Waals surface area contributed by atoms with E-state index in [0.29, 0.717) is 29.7 Å². The number of amides is 2. The molecule has 26 heavy (non-hydrogen) atoms. The van der Waals surface area contributed by atoms with Crippen LogP contribution in [0.5, 0.6) is 0 Å². The van der Waals surface area contributed by atoms with E-state index in [-0.39, 0.29) is 17.9 Å². The number of nitriles is 1. The van der Waals surface area contributed by atoms with Gasteiger partial charge in [-0.2, -0.15) is 5.26 Å². The number of carbonyl (C=O) groups is 2. The van der Waals surface area contributed by atoms with Crippen molar-refractivity contribution in [1.82, 2.24) is 4.90 Å². The largest absolute Gasteiger partial charge is 0.362 e. The van der Waals surface area contributed by atoms with Crippen molar-refractivity contribution in [2.45, 2.75) is 25.0 Å². The van der Waals surface area contributed by atoms with Crippen LogP contribution in [0.4, 0.5) is 11.4 Å². The quantitative estimate of drug-likeness (QED) is 0.907. The number of rotatable bonds is 2. The molecule has 6 nitrogen and oxygen atoms in total. The molecule has 2 atom stereocenters. The van der Waals surface area contributed by atoms with Crippen molar-refractivity contribution in [2.75, 3.05) is 17.3 Å². The number of carbonyl (C=O) groups excluding carboxylic acids is 2. The summed E-state index contributed by atoms with van der Waals surface area (Å²) in [5.74, 6) is -0.279. The summed E-state index contributed by atoms with van der Waals surface area (Å²) in [5, 5.41) is 12.5. The number of nitrogens with zero attached hydrogens (tertiary/aromatic N) is 3. The molecule has 0 aromatic heterocycles. The second-order valence-corrected chi connectivity index (χ2v) is 6.51. The summed E-state index contributed by atoms with van der Waals surface area (Å²) >= 11 is 0. The molecule has 0 spiro atoms. The van der Waals surface area contributed by atoms with E-state index < -0.39 is 6.17 Å². The smallest absolute Gasteiger partial charge is 0.262 e. The summed E-state index contributed by atoms with van der Waals surface area (Å²) in [4.78, 5) is 29.6. The fourth-order valence-electron chi connectivity index (χ4n) is 3.78. The normalized spacial score (nSPS) is 21.1. The standard InChI is InChI=1S/C20H18N4O2/c1-23-17(11-6-12-21)18-22-15-9-4-2-7-13(15)20(26)24(18)16-10-5-3-8-14(16)19(23)25/h2-5,7-10,17-18,22H,6,11H2,1H3/t17-,18-/m0/s1. The molecule has 1 N–H and O–H groups in total. The van der Waals surface area contributed by atoms with Gasteiger partial charge in [0.15, 0.2) is 0 Å². The molecule has 130 valence electrons. The minimum absolute atomic E-state index is 0.137. The first-order valence-electron chi connectivity index (χ1n) is 8.55. The molecule has 0 aliphatic carbocycles. The number of fused-ring (bicyclic) bond motifs is 4. The van der Waals surface area contributed by atoms with Crippen LogP contribution in [0.15, 0.2) is 48.5 Å². The molecule has 0 fully saturated rings. The van der Waals surface area contributed by atoms with Crippen LogP contribution in [0.1, 0.15) is 33.6 Å². The molecule has 2 amide bonds. The first kappa shape index (κ1) is 16.2. The van der Waals surface area contributed by atoms with Gasteiger partial charge < -0.3 is 10.2 Å². The molecule has 0 saturated carbocycles. The van der Waals surface area contributed by atoms with Gasteiger partial charge in [-0.1, -0.05) is 24.3 Å². The lowest BCUT2D eigenvalue weighted by Gasteiger charge is -2.42. The Morgan fingerprint density at radius 3 is 2.50 bits per heavy atom. The third-order valence-electron chi connectivity index (χ3n) is 5.09. The maximum Gasteiger partial charge on any atom is 0.262 e. The van der Waals surface area contributed by atoms with Crippen molar-refractivity contribution in [3.05, 3.63) is 59.7 Å². The summed E-state index contributed by atoms with van der Waals surface area (Å²) in [5.41, 5.74) is 2.42. The summed E-state index contributed by atoms with van der Waals surface area (Å²) in [6.07, 6.45) is 0.361. The van der Waals surface area contributed by atoms with Gasteiger partial charge in [0.1, 0.15) is 6.17 Å². The van der Waals surface area contributed by atoms with E-state index in [2.05, 4.69) is 11.4 Å². The van der Waals surface area contributed by atoms with Crippen LogP contribution in [0.2, 0.25) is 0 Å². The van der Waals surface area contributed by atoms with E-state index in [1.807, 2.05) is 24.3 Å². The number of nitrogens with one attached hydrogen (secondary N) is 1. The van der Waals surface area contributed by atoms with Gasteiger partial charge in [0.25, 0.3) is 11.8 Å². The lowest BCUT2D eigenvalue weighted by atomic mass is 10.0. The molecule has 0 unspecified atom stereocenters. The van der Waals surface area contributed by atoms with Gasteiger partial charge in [0, 0.05) is 19.2 Å². The van der Waals surface area contributed by atoms with Gasteiger partial charge in [0.05, 0.1) is 28.9 Å². The Hall–Kier alpha value is -3.33. The lowest BCUT2D eigenvalue weighted by Crippen LogP contribution is -2.58. The highest BCUT2D eigenvalue weighted by atomic mass is 16.2. The Morgan fingerprint density at radius 2 is 1.73 bits per heavy atom. The van der Waals surface area contributed by atoms with Crippen LogP contribution in [0.3, 0.4) is 0 Å². The highest BCUT2D eigenvalue weighted by Crippen LogP contribution is 2.37. The summed E-state index contributed by atoms with van der Waals surface area (Å²) in [6, 6.07) is 16.3. The van der Waals surface area contributed by atoms with Gasteiger partial charge in [-0.15, -0.1) is 0 Å². The molecule has 2 aromatic rings. The minimum atomic E-state index is -0.427. The second-order valence-electron chi connectivity index (χ2n) is 6.51. The number of hydrogen-bond donors (Lipinski definition) is 1. The van der Waals surface area contributed by atoms with Crippen LogP contribution in [-0.2, 0) is 0 Å². The first-order chi connectivity index (χ1) is 12.6. The predicted molar refractivity (Wildman–Crippen MR) is 97.8 cm³/mol. The predicted octanol–water partition coefficient (Wildman–Crippen LogP) is 2.84. The van der Waals surface area contributed by atoms with E-state index in [4.69, 9.17) is 5.26 Å². The molecule has 2 aliphatic heterocycles. The highest BCUT2D eigenvalue weighted by Gasteiger charge is 2.44. The second kappa shape index (κ2) is 6.19. The fraction of sp³-hybridized carbons (Fsp3) is 0.250. The SMILES string of the molecule is CN1C(=O)c2ccccc2N2C(=O)c3ccccc3N[C@@H]2[C@@H]1CCC#N. The molecular formula is C20H18N4O2. The molecule has 2 aliphatic rings. The number of likely N-dealkylation sites (N-methyl/N-ethyl adjacent to an activating group) is 1. The molecule has 4 rings (SSSR count). The summed E-state index contributed by atoms with van der Waals surface area (Å²) in [7, 11) is 1.73. The zero-order valence-electron chi connectivity index (χ0n) is 14.3. The molecule has 6 heteroatoms. The molecule has 0 bridgehead atoms. The van der Waals surface area contributed by atoms with E-state index in [9.17, 15) is 9.59 Å². The molecular weight excluding hydrogens is 328 g/mol. The average Bonchev–Trinajstić information content (AvgIpc) is 2.75. The van der Waals surface area contributed by atoms with Crippen molar-refractivity contribution in [2.24, 2.45) is 0 Å². The Labute approximate surface area is 151 Å². The third-order valence-corrected chi connectivity index (χ3v) is 5.09.